The van der Waals surface area contributed by atoms with E-state index in [4.69, 9.17) is 9.40 Å². The molecule has 6 rings (SSSR count). The Morgan fingerprint density at radius 2 is 1.93 bits per heavy atom. The highest BCUT2D eigenvalue weighted by atomic mass is 16.3. The summed E-state index contributed by atoms with van der Waals surface area (Å²) in [7, 11) is 0. The van der Waals surface area contributed by atoms with Gasteiger partial charge in [-0.2, -0.15) is 0 Å². The summed E-state index contributed by atoms with van der Waals surface area (Å²) in [5.74, 6) is 2.56. The third-order valence-electron chi connectivity index (χ3n) is 6.73. The van der Waals surface area contributed by atoms with Gasteiger partial charge in [-0.25, -0.2) is 4.98 Å². The highest BCUT2D eigenvalue weighted by Crippen LogP contribution is 2.52. The number of aromatic nitrogens is 2. The first-order valence-corrected chi connectivity index (χ1v) is 10.0. The molecule has 3 heterocycles. The molecule has 3 heteroatoms. The van der Waals surface area contributed by atoms with Gasteiger partial charge in [0.1, 0.15) is 5.58 Å². The number of para-hydroxylation sites is 1. The van der Waals surface area contributed by atoms with Crippen molar-refractivity contribution in [3.05, 3.63) is 59.9 Å². The maximum atomic E-state index is 6.14. The zero-order chi connectivity index (χ0) is 18.0. The van der Waals surface area contributed by atoms with Crippen molar-refractivity contribution in [3.8, 4) is 11.3 Å². The van der Waals surface area contributed by atoms with Crippen molar-refractivity contribution in [3.63, 3.8) is 0 Å². The SMILES string of the molecule is Cc1ccc2c(n1)oc1c(-c3ccc(C4CC5CCC4C5)cn3)cccc12. The van der Waals surface area contributed by atoms with Gasteiger partial charge < -0.3 is 4.42 Å². The molecule has 4 aromatic rings. The van der Waals surface area contributed by atoms with Crippen LogP contribution in [0.5, 0.6) is 0 Å². The molecule has 2 saturated carbocycles. The average Bonchev–Trinajstić information content (AvgIpc) is 3.41. The molecule has 2 bridgehead atoms. The molecule has 2 aliphatic carbocycles. The summed E-state index contributed by atoms with van der Waals surface area (Å²) in [6.07, 6.45) is 7.73. The third kappa shape index (κ3) is 2.34. The van der Waals surface area contributed by atoms with E-state index in [9.17, 15) is 0 Å². The molecule has 0 N–H and O–H groups in total. The Morgan fingerprint density at radius 1 is 0.963 bits per heavy atom. The minimum Gasteiger partial charge on any atom is -0.437 e. The van der Waals surface area contributed by atoms with E-state index in [0.29, 0.717) is 5.71 Å². The lowest BCUT2D eigenvalue weighted by Gasteiger charge is -2.21. The van der Waals surface area contributed by atoms with Crippen LogP contribution in [-0.4, -0.2) is 9.97 Å². The van der Waals surface area contributed by atoms with Gasteiger partial charge in [0.25, 0.3) is 0 Å². The van der Waals surface area contributed by atoms with Crippen LogP contribution in [0.3, 0.4) is 0 Å². The number of nitrogens with zero attached hydrogens (tertiary/aromatic N) is 2. The zero-order valence-corrected chi connectivity index (χ0v) is 15.5. The molecular weight excluding hydrogens is 332 g/mol. The maximum Gasteiger partial charge on any atom is 0.227 e. The fraction of sp³-hybridized carbons (Fsp3) is 0.333. The monoisotopic (exact) mass is 354 g/mol. The molecule has 0 radical (unpaired) electrons. The summed E-state index contributed by atoms with van der Waals surface area (Å²) in [5.41, 5.74) is 5.99. The van der Waals surface area contributed by atoms with Crippen molar-refractivity contribution < 1.29 is 4.42 Å². The molecular formula is C24H22N2O. The summed E-state index contributed by atoms with van der Waals surface area (Å²) in [6, 6.07) is 14.9. The molecule has 0 saturated heterocycles. The van der Waals surface area contributed by atoms with Crippen molar-refractivity contribution in [1.29, 1.82) is 0 Å². The normalized spacial score (nSPS) is 24.3. The molecule has 0 aliphatic heterocycles. The van der Waals surface area contributed by atoms with Gasteiger partial charge in [0, 0.05) is 28.2 Å². The number of hydrogen-bond donors (Lipinski definition) is 0. The van der Waals surface area contributed by atoms with Crippen molar-refractivity contribution >= 4 is 22.1 Å². The molecule has 3 aromatic heterocycles. The standard InChI is InChI=1S/C24H22N2O/c1-14-5-9-19-18-3-2-4-20(23(18)27-24(19)26-14)22-10-8-17(13-25-22)21-12-15-6-7-16(21)11-15/h2-5,8-10,13,15-16,21H,6-7,11-12H2,1H3. The topological polar surface area (TPSA) is 38.9 Å². The number of furan rings is 1. The number of aryl methyl sites for hydroxylation is 1. The minimum atomic E-state index is 0.705. The van der Waals surface area contributed by atoms with Gasteiger partial charge in [0.2, 0.25) is 5.71 Å². The minimum absolute atomic E-state index is 0.705. The predicted molar refractivity (Wildman–Crippen MR) is 108 cm³/mol. The van der Waals surface area contributed by atoms with Crippen LogP contribution in [0.15, 0.2) is 53.1 Å². The Kier molecular flexibility index (Phi) is 3.22. The molecule has 134 valence electrons. The highest BCUT2D eigenvalue weighted by molar-refractivity contribution is 6.08. The molecule has 0 amide bonds. The van der Waals surface area contributed by atoms with Crippen molar-refractivity contribution in [2.24, 2.45) is 11.8 Å². The summed E-state index contributed by atoms with van der Waals surface area (Å²) >= 11 is 0. The summed E-state index contributed by atoms with van der Waals surface area (Å²) in [6.45, 7) is 1.99. The van der Waals surface area contributed by atoms with E-state index in [1.54, 1.807) is 0 Å². The molecule has 2 fully saturated rings. The first-order valence-electron chi connectivity index (χ1n) is 10.0. The van der Waals surface area contributed by atoms with Gasteiger partial charge >= 0.3 is 0 Å². The number of benzene rings is 1. The van der Waals surface area contributed by atoms with E-state index in [2.05, 4.69) is 47.6 Å². The number of rotatable bonds is 2. The zero-order valence-electron chi connectivity index (χ0n) is 15.5. The van der Waals surface area contributed by atoms with Gasteiger partial charge in [-0.05, 0) is 73.8 Å². The van der Waals surface area contributed by atoms with E-state index >= 15 is 0 Å². The quantitative estimate of drug-likeness (QED) is 0.427. The highest BCUT2D eigenvalue weighted by Gasteiger charge is 2.40. The molecule has 1 aromatic carbocycles. The van der Waals surface area contributed by atoms with Crippen LogP contribution in [0.1, 0.15) is 42.9 Å². The van der Waals surface area contributed by atoms with Crippen LogP contribution in [0.2, 0.25) is 0 Å². The van der Waals surface area contributed by atoms with Gasteiger partial charge in [-0.3, -0.25) is 4.98 Å². The number of pyridine rings is 2. The second kappa shape index (κ2) is 5.66. The first-order chi connectivity index (χ1) is 13.3. The Hall–Kier alpha value is -2.68. The van der Waals surface area contributed by atoms with Crippen LogP contribution in [0.4, 0.5) is 0 Å². The first kappa shape index (κ1) is 15.4. The van der Waals surface area contributed by atoms with Crippen LogP contribution in [-0.2, 0) is 0 Å². The fourth-order valence-corrected chi connectivity index (χ4v) is 5.41. The van der Waals surface area contributed by atoms with E-state index in [-0.39, 0.29) is 0 Å². The third-order valence-corrected chi connectivity index (χ3v) is 6.73. The summed E-state index contributed by atoms with van der Waals surface area (Å²) in [5, 5.41) is 2.17. The van der Waals surface area contributed by atoms with Gasteiger partial charge in [-0.1, -0.05) is 24.6 Å². The molecule has 3 nitrogen and oxygen atoms in total. The lowest BCUT2D eigenvalue weighted by atomic mass is 9.84. The van der Waals surface area contributed by atoms with E-state index in [1.807, 2.05) is 13.0 Å². The molecule has 3 atom stereocenters. The summed E-state index contributed by atoms with van der Waals surface area (Å²) < 4.78 is 6.14. The Bertz CT molecular complexity index is 1160. The largest absolute Gasteiger partial charge is 0.437 e. The van der Waals surface area contributed by atoms with E-state index in [1.165, 1.54) is 31.2 Å². The molecule has 2 aliphatic rings. The second-order valence-corrected chi connectivity index (χ2v) is 8.35. The maximum absolute atomic E-state index is 6.14. The van der Waals surface area contributed by atoms with Crippen molar-refractivity contribution in [2.75, 3.05) is 0 Å². The van der Waals surface area contributed by atoms with Gasteiger partial charge in [0.05, 0.1) is 5.69 Å². The summed E-state index contributed by atoms with van der Waals surface area (Å²) in [4.78, 5) is 9.38. The average molecular weight is 354 g/mol. The Labute approximate surface area is 158 Å². The van der Waals surface area contributed by atoms with Crippen LogP contribution < -0.4 is 0 Å². The van der Waals surface area contributed by atoms with Crippen molar-refractivity contribution in [2.45, 2.75) is 38.5 Å². The van der Waals surface area contributed by atoms with Crippen molar-refractivity contribution in [1.82, 2.24) is 9.97 Å². The number of fused-ring (bicyclic) bond motifs is 5. The molecule has 3 unspecified atom stereocenters. The van der Waals surface area contributed by atoms with Crippen LogP contribution >= 0.6 is 0 Å². The van der Waals surface area contributed by atoms with Crippen LogP contribution in [0.25, 0.3) is 33.3 Å². The molecule has 27 heavy (non-hydrogen) atoms. The second-order valence-electron chi connectivity index (χ2n) is 8.35. The van der Waals surface area contributed by atoms with Gasteiger partial charge in [0.15, 0.2) is 0 Å². The van der Waals surface area contributed by atoms with Crippen LogP contribution in [0, 0.1) is 18.8 Å². The lowest BCUT2D eigenvalue weighted by molar-refractivity contribution is 0.419. The lowest BCUT2D eigenvalue weighted by Crippen LogP contribution is -2.08. The Morgan fingerprint density at radius 3 is 2.70 bits per heavy atom. The Balaban J connectivity index is 1.43. The fourth-order valence-electron chi connectivity index (χ4n) is 5.41. The molecule has 0 spiro atoms. The predicted octanol–water partition coefficient (Wildman–Crippen LogP) is 6.26. The van der Waals surface area contributed by atoms with Gasteiger partial charge in [-0.15, -0.1) is 0 Å². The van der Waals surface area contributed by atoms with E-state index < -0.39 is 0 Å². The number of hydrogen-bond acceptors (Lipinski definition) is 3. The smallest absolute Gasteiger partial charge is 0.227 e. The van der Waals surface area contributed by atoms with E-state index in [0.717, 1.165) is 51.1 Å².